The molecule has 1 unspecified atom stereocenters. The minimum atomic E-state index is 0.368. The lowest BCUT2D eigenvalue weighted by Crippen LogP contribution is -2.10. The maximum absolute atomic E-state index is 6.27. The third-order valence-electron chi connectivity index (χ3n) is 4.50. The van der Waals surface area contributed by atoms with Crippen LogP contribution in [0.25, 0.3) is 10.9 Å². The van der Waals surface area contributed by atoms with Crippen molar-refractivity contribution in [1.82, 2.24) is 9.97 Å². The van der Waals surface area contributed by atoms with Crippen molar-refractivity contribution in [3.63, 3.8) is 0 Å². The summed E-state index contributed by atoms with van der Waals surface area (Å²) in [5, 5.41) is 0.759. The molecule has 0 fully saturated rings. The first-order chi connectivity index (χ1) is 15.1. The van der Waals surface area contributed by atoms with Crippen LogP contribution >= 0.6 is 9.39 Å². The number of fused-ring (bicyclic) bond motifs is 1. The molecule has 3 rings (SSSR count). The summed E-state index contributed by atoms with van der Waals surface area (Å²) in [7, 11) is 5.87. The first kappa shape index (κ1) is 22.6. The number of nitrogen functional groups attached to an aromatic ring is 1. The molecule has 0 saturated heterocycles. The van der Waals surface area contributed by atoms with Crippen LogP contribution in [0.3, 0.4) is 0 Å². The number of hydrogen-bond donors (Lipinski definition) is 1. The lowest BCUT2D eigenvalue weighted by molar-refractivity contribution is 0.132. The summed E-state index contributed by atoms with van der Waals surface area (Å²) in [4.78, 5) is 8.87. The Balaban J connectivity index is 2.06. The van der Waals surface area contributed by atoms with Crippen LogP contribution in [-0.4, -0.2) is 50.6 Å². The molecule has 0 aliphatic heterocycles. The summed E-state index contributed by atoms with van der Waals surface area (Å²) in [6.45, 7) is 1.65. The molecule has 9 heteroatoms. The number of anilines is 3. The number of ether oxygens (including phenoxy) is 4. The van der Waals surface area contributed by atoms with E-state index in [2.05, 4.69) is 25.3 Å². The van der Waals surface area contributed by atoms with E-state index < -0.39 is 0 Å². The van der Waals surface area contributed by atoms with E-state index in [1.54, 1.807) is 25.0 Å². The minimum absolute atomic E-state index is 0.368. The zero-order chi connectivity index (χ0) is 22.2. The summed E-state index contributed by atoms with van der Waals surface area (Å²) in [5.74, 6) is 4.34. The van der Waals surface area contributed by atoms with E-state index in [1.165, 1.54) is 6.33 Å². The van der Waals surface area contributed by atoms with Gasteiger partial charge in [0.05, 0.1) is 30.1 Å². The molecular weight excluding hydrogens is 415 g/mol. The number of methoxy groups -OCH3 is 2. The van der Waals surface area contributed by atoms with Crippen LogP contribution in [-0.2, 0) is 9.47 Å². The summed E-state index contributed by atoms with van der Waals surface area (Å²) in [5.41, 5.74) is 8.77. The third kappa shape index (κ3) is 5.15. The van der Waals surface area contributed by atoms with Gasteiger partial charge in [-0.25, -0.2) is 9.97 Å². The fourth-order valence-corrected chi connectivity index (χ4v) is 3.37. The average molecular weight is 440 g/mol. The monoisotopic (exact) mass is 440 g/mol. The Morgan fingerprint density at radius 2 is 1.71 bits per heavy atom. The van der Waals surface area contributed by atoms with Gasteiger partial charge in [-0.1, -0.05) is 12.0 Å². The summed E-state index contributed by atoms with van der Waals surface area (Å²) in [6, 6.07) is 9.18. The van der Waals surface area contributed by atoms with Crippen molar-refractivity contribution in [3.8, 4) is 23.8 Å². The number of aromatic nitrogens is 2. The molecule has 0 amide bonds. The molecule has 0 aliphatic rings. The highest BCUT2D eigenvalue weighted by Gasteiger charge is 2.17. The summed E-state index contributed by atoms with van der Waals surface area (Å²) < 4.78 is 23.7. The zero-order valence-corrected chi connectivity index (χ0v) is 18.7. The standard InChI is InChI=1S/C22H25N4O4P/c1-4-15-6-5-7-18(21(15)23)26(31)22-16-12-19(29-10-8-27-2)20(30-11-9-28-3)13-17(16)24-14-25-22/h1,5-7,12-14H,8-11,23,31H2,2-3H3. The first-order valence-corrected chi connectivity index (χ1v) is 10.0. The van der Waals surface area contributed by atoms with Crippen LogP contribution in [0.2, 0.25) is 0 Å². The SMILES string of the molecule is C#Cc1cccc(N(P)c2ncnc3cc(OCCOC)c(OCCOC)cc23)c1N. The van der Waals surface area contributed by atoms with Gasteiger partial charge in [-0.2, -0.15) is 0 Å². The summed E-state index contributed by atoms with van der Waals surface area (Å²) in [6.07, 6.45) is 7.05. The fraction of sp³-hybridized carbons (Fsp3) is 0.273. The topological polar surface area (TPSA) is 92.0 Å². The lowest BCUT2D eigenvalue weighted by Gasteiger charge is -2.22. The van der Waals surface area contributed by atoms with Gasteiger partial charge in [-0.15, -0.1) is 6.42 Å². The van der Waals surface area contributed by atoms with E-state index in [4.69, 9.17) is 31.1 Å². The van der Waals surface area contributed by atoms with Crippen LogP contribution in [0.1, 0.15) is 5.56 Å². The quantitative estimate of drug-likeness (QED) is 0.222. The maximum atomic E-state index is 6.27. The maximum Gasteiger partial charge on any atom is 0.163 e. The van der Waals surface area contributed by atoms with Crippen molar-refractivity contribution < 1.29 is 18.9 Å². The Morgan fingerprint density at radius 3 is 2.35 bits per heavy atom. The van der Waals surface area contributed by atoms with E-state index in [9.17, 15) is 0 Å². The van der Waals surface area contributed by atoms with Gasteiger partial charge in [-0.05, 0) is 27.6 Å². The largest absolute Gasteiger partial charge is 0.487 e. The number of benzene rings is 2. The van der Waals surface area contributed by atoms with E-state index in [0.29, 0.717) is 66.2 Å². The number of terminal acetylenes is 1. The molecule has 31 heavy (non-hydrogen) atoms. The molecule has 0 aliphatic carbocycles. The number of hydrogen-bond acceptors (Lipinski definition) is 8. The second kappa shape index (κ2) is 10.8. The molecule has 0 radical (unpaired) electrons. The Morgan fingerprint density at radius 1 is 1.03 bits per heavy atom. The second-order valence-corrected chi connectivity index (χ2v) is 6.97. The number of rotatable bonds is 10. The highest BCUT2D eigenvalue weighted by atomic mass is 31.0. The van der Waals surface area contributed by atoms with Gasteiger partial charge in [0.1, 0.15) is 25.4 Å². The van der Waals surface area contributed by atoms with Crippen molar-refractivity contribution in [2.45, 2.75) is 0 Å². The molecule has 2 aromatic carbocycles. The molecule has 8 nitrogen and oxygen atoms in total. The normalized spacial score (nSPS) is 10.6. The Hall–Kier alpha value is -3.11. The minimum Gasteiger partial charge on any atom is -0.487 e. The fourth-order valence-electron chi connectivity index (χ4n) is 2.94. The molecule has 0 saturated carbocycles. The Labute approximate surface area is 183 Å². The predicted molar refractivity (Wildman–Crippen MR) is 125 cm³/mol. The van der Waals surface area contributed by atoms with Crippen LogP contribution in [0.15, 0.2) is 36.7 Å². The molecule has 3 aromatic rings. The zero-order valence-electron chi connectivity index (χ0n) is 17.5. The smallest absolute Gasteiger partial charge is 0.163 e. The van der Waals surface area contributed by atoms with Crippen LogP contribution in [0, 0.1) is 12.3 Å². The number of nitrogens with two attached hydrogens (primary N) is 1. The van der Waals surface area contributed by atoms with Gasteiger partial charge in [0.2, 0.25) is 0 Å². The van der Waals surface area contributed by atoms with Gasteiger partial charge in [0, 0.05) is 31.2 Å². The Bertz CT molecular complexity index is 1090. The highest BCUT2D eigenvalue weighted by molar-refractivity contribution is 7.20. The van der Waals surface area contributed by atoms with Gasteiger partial charge in [-0.3, -0.25) is 0 Å². The predicted octanol–water partition coefficient (Wildman–Crippen LogP) is 3.17. The van der Waals surface area contributed by atoms with E-state index >= 15 is 0 Å². The van der Waals surface area contributed by atoms with Crippen molar-refractivity contribution >= 4 is 37.5 Å². The first-order valence-electron chi connectivity index (χ1n) is 9.52. The molecular formula is C22H25N4O4P. The van der Waals surface area contributed by atoms with Crippen molar-refractivity contribution in [2.24, 2.45) is 0 Å². The van der Waals surface area contributed by atoms with Gasteiger partial charge >= 0.3 is 0 Å². The Kier molecular flexibility index (Phi) is 7.85. The average Bonchev–Trinajstić information content (AvgIpc) is 2.79. The van der Waals surface area contributed by atoms with Crippen LogP contribution in [0.5, 0.6) is 11.5 Å². The van der Waals surface area contributed by atoms with Crippen molar-refractivity contribution in [3.05, 3.63) is 42.2 Å². The third-order valence-corrected chi connectivity index (χ3v) is 5.02. The van der Waals surface area contributed by atoms with Crippen molar-refractivity contribution in [2.75, 3.05) is 51.1 Å². The molecule has 0 bridgehead atoms. The van der Waals surface area contributed by atoms with E-state index in [-0.39, 0.29) is 0 Å². The molecule has 1 aromatic heterocycles. The van der Waals surface area contributed by atoms with Gasteiger partial charge < -0.3 is 29.4 Å². The van der Waals surface area contributed by atoms with Gasteiger partial charge in [0.25, 0.3) is 0 Å². The molecule has 2 N–H and O–H groups in total. The van der Waals surface area contributed by atoms with E-state index in [1.807, 2.05) is 24.3 Å². The number of para-hydroxylation sites is 1. The van der Waals surface area contributed by atoms with E-state index in [0.717, 1.165) is 5.39 Å². The lowest BCUT2D eigenvalue weighted by atomic mass is 10.1. The molecule has 162 valence electrons. The van der Waals surface area contributed by atoms with Gasteiger partial charge in [0.15, 0.2) is 11.5 Å². The second-order valence-electron chi connectivity index (χ2n) is 6.45. The molecule has 1 heterocycles. The van der Waals surface area contributed by atoms with Crippen LogP contribution < -0.4 is 19.9 Å². The highest BCUT2D eigenvalue weighted by Crippen LogP contribution is 2.40. The number of nitrogens with zero attached hydrogens (tertiary/aromatic N) is 3. The summed E-state index contributed by atoms with van der Waals surface area (Å²) >= 11 is 0. The molecule has 1 atom stereocenters. The molecule has 0 spiro atoms. The van der Waals surface area contributed by atoms with Crippen molar-refractivity contribution in [1.29, 1.82) is 0 Å². The van der Waals surface area contributed by atoms with Crippen LogP contribution in [0.4, 0.5) is 17.2 Å².